The van der Waals surface area contributed by atoms with Gasteiger partial charge >= 0.3 is 0 Å². The molecule has 98 valence electrons. The second-order valence-corrected chi connectivity index (χ2v) is 5.17. The van der Waals surface area contributed by atoms with Crippen LogP contribution in [0.25, 0.3) is 0 Å². The Morgan fingerprint density at radius 1 is 1.33 bits per heavy atom. The lowest BCUT2D eigenvalue weighted by molar-refractivity contribution is 0.412. The molecule has 2 rings (SSSR count). The van der Waals surface area contributed by atoms with Crippen LogP contribution in [0.15, 0.2) is 29.3 Å². The van der Waals surface area contributed by atoms with E-state index >= 15 is 0 Å². The first kappa shape index (κ1) is 12.9. The third-order valence-corrected chi connectivity index (χ3v) is 3.47. The van der Waals surface area contributed by atoms with Crippen molar-refractivity contribution in [3.8, 4) is 0 Å². The molecule has 1 aromatic carbocycles. The first-order chi connectivity index (χ1) is 8.74. The van der Waals surface area contributed by atoms with E-state index in [4.69, 9.17) is 5.73 Å². The summed E-state index contributed by atoms with van der Waals surface area (Å²) in [6, 6.07) is 8.92. The van der Waals surface area contributed by atoms with Crippen molar-refractivity contribution in [2.75, 3.05) is 0 Å². The first-order valence-corrected chi connectivity index (χ1v) is 6.86. The van der Waals surface area contributed by atoms with Gasteiger partial charge in [-0.2, -0.15) is 0 Å². The molecule has 1 aromatic rings. The molecule has 1 saturated carbocycles. The van der Waals surface area contributed by atoms with Crippen molar-refractivity contribution >= 4 is 5.96 Å². The molecular formula is C15H23N3. The number of aryl methyl sites for hydroxylation is 1. The zero-order valence-corrected chi connectivity index (χ0v) is 11.2. The number of benzene rings is 1. The number of nitrogens with two attached hydrogens (primary N) is 1. The van der Waals surface area contributed by atoms with Gasteiger partial charge in [-0.1, -0.05) is 49.1 Å². The summed E-state index contributed by atoms with van der Waals surface area (Å²) >= 11 is 0. The van der Waals surface area contributed by atoms with Gasteiger partial charge in [-0.15, -0.1) is 0 Å². The van der Waals surface area contributed by atoms with Crippen LogP contribution in [-0.4, -0.2) is 12.0 Å². The van der Waals surface area contributed by atoms with E-state index in [-0.39, 0.29) is 0 Å². The van der Waals surface area contributed by atoms with E-state index in [0.717, 1.165) is 0 Å². The number of nitrogens with zero attached hydrogens (tertiary/aromatic N) is 1. The van der Waals surface area contributed by atoms with Crippen molar-refractivity contribution < 1.29 is 0 Å². The molecule has 0 spiro atoms. The lowest BCUT2D eigenvalue weighted by Crippen LogP contribution is -2.41. The summed E-state index contributed by atoms with van der Waals surface area (Å²) in [6.45, 7) is 2.75. The Morgan fingerprint density at radius 2 is 2.11 bits per heavy atom. The highest BCUT2D eigenvalue weighted by Gasteiger charge is 2.13. The minimum atomic E-state index is 0.528. The lowest BCUT2D eigenvalue weighted by atomic mass is 9.96. The normalized spacial score (nSPS) is 17.7. The maximum atomic E-state index is 5.93. The topological polar surface area (TPSA) is 50.4 Å². The minimum absolute atomic E-state index is 0.528. The Labute approximate surface area is 109 Å². The molecule has 0 bridgehead atoms. The molecule has 0 saturated heterocycles. The predicted molar refractivity (Wildman–Crippen MR) is 76.5 cm³/mol. The van der Waals surface area contributed by atoms with E-state index < -0.39 is 0 Å². The number of hydrogen-bond donors (Lipinski definition) is 2. The maximum Gasteiger partial charge on any atom is 0.189 e. The van der Waals surface area contributed by atoms with Crippen LogP contribution in [0.1, 0.15) is 43.2 Å². The maximum absolute atomic E-state index is 5.93. The Morgan fingerprint density at radius 3 is 2.83 bits per heavy atom. The van der Waals surface area contributed by atoms with Gasteiger partial charge in [0.05, 0.1) is 6.54 Å². The molecule has 1 aliphatic rings. The minimum Gasteiger partial charge on any atom is -0.370 e. The van der Waals surface area contributed by atoms with E-state index in [2.05, 4.69) is 41.5 Å². The van der Waals surface area contributed by atoms with Gasteiger partial charge in [-0.05, 0) is 25.3 Å². The Balaban J connectivity index is 1.84. The third kappa shape index (κ3) is 4.06. The summed E-state index contributed by atoms with van der Waals surface area (Å²) in [6.07, 6.45) is 6.42. The van der Waals surface area contributed by atoms with Crippen LogP contribution in [0.5, 0.6) is 0 Å². The standard InChI is InChI=1S/C15H23N3/c1-12-6-5-7-13(10-12)11-17-15(16)18-14-8-3-2-4-9-14/h5-7,10,14H,2-4,8-9,11H2,1H3,(H3,16,17,18). The molecule has 1 aliphatic carbocycles. The van der Waals surface area contributed by atoms with Gasteiger partial charge in [-0.25, -0.2) is 4.99 Å². The van der Waals surface area contributed by atoms with Crippen molar-refractivity contribution in [1.82, 2.24) is 5.32 Å². The summed E-state index contributed by atoms with van der Waals surface area (Å²) in [7, 11) is 0. The fourth-order valence-corrected chi connectivity index (χ4v) is 2.49. The average molecular weight is 245 g/mol. The molecule has 18 heavy (non-hydrogen) atoms. The molecule has 1 fully saturated rings. The van der Waals surface area contributed by atoms with Gasteiger partial charge in [0.15, 0.2) is 5.96 Å². The number of aliphatic imine (C=N–C) groups is 1. The Hall–Kier alpha value is -1.51. The molecule has 0 aliphatic heterocycles. The van der Waals surface area contributed by atoms with Crippen molar-refractivity contribution in [3.63, 3.8) is 0 Å². The smallest absolute Gasteiger partial charge is 0.189 e. The van der Waals surface area contributed by atoms with Crippen molar-refractivity contribution in [2.24, 2.45) is 10.7 Å². The summed E-state index contributed by atoms with van der Waals surface area (Å²) < 4.78 is 0. The zero-order chi connectivity index (χ0) is 12.8. The van der Waals surface area contributed by atoms with Crippen molar-refractivity contribution in [1.29, 1.82) is 0 Å². The Kier molecular flexibility index (Phi) is 4.62. The molecule has 3 N–H and O–H groups in total. The van der Waals surface area contributed by atoms with E-state index in [0.29, 0.717) is 18.5 Å². The van der Waals surface area contributed by atoms with Crippen LogP contribution in [0.4, 0.5) is 0 Å². The van der Waals surface area contributed by atoms with Crippen LogP contribution in [0, 0.1) is 6.92 Å². The predicted octanol–water partition coefficient (Wildman–Crippen LogP) is 2.73. The molecule has 0 aromatic heterocycles. The Bertz CT molecular complexity index is 406. The van der Waals surface area contributed by atoms with Crippen LogP contribution >= 0.6 is 0 Å². The highest BCUT2D eigenvalue weighted by molar-refractivity contribution is 5.78. The molecule has 0 unspecified atom stereocenters. The summed E-state index contributed by atoms with van der Waals surface area (Å²) in [4.78, 5) is 4.41. The van der Waals surface area contributed by atoms with Gasteiger partial charge in [0, 0.05) is 6.04 Å². The van der Waals surface area contributed by atoms with Crippen LogP contribution in [0.3, 0.4) is 0 Å². The average Bonchev–Trinajstić information content (AvgIpc) is 2.38. The molecular weight excluding hydrogens is 222 g/mol. The highest BCUT2D eigenvalue weighted by Crippen LogP contribution is 2.17. The largest absolute Gasteiger partial charge is 0.370 e. The van der Waals surface area contributed by atoms with Crippen LogP contribution < -0.4 is 11.1 Å². The van der Waals surface area contributed by atoms with Gasteiger partial charge < -0.3 is 11.1 Å². The van der Waals surface area contributed by atoms with Gasteiger partial charge in [0.1, 0.15) is 0 Å². The van der Waals surface area contributed by atoms with Crippen molar-refractivity contribution in [2.45, 2.75) is 51.6 Å². The molecule has 3 nitrogen and oxygen atoms in total. The fourth-order valence-electron chi connectivity index (χ4n) is 2.49. The van der Waals surface area contributed by atoms with E-state index in [1.807, 2.05) is 0 Å². The highest BCUT2D eigenvalue weighted by atomic mass is 15.1. The van der Waals surface area contributed by atoms with E-state index in [1.165, 1.54) is 43.2 Å². The monoisotopic (exact) mass is 245 g/mol. The van der Waals surface area contributed by atoms with Gasteiger partial charge in [0.25, 0.3) is 0 Å². The second kappa shape index (κ2) is 6.43. The first-order valence-electron chi connectivity index (χ1n) is 6.86. The zero-order valence-electron chi connectivity index (χ0n) is 11.2. The number of guanidine groups is 1. The SMILES string of the molecule is Cc1cccc(CN=C(N)NC2CCCCC2)c1. The molecule has 0 radical (unpaired) electrons. The molecule has 0 atom stereocenters. The van der Waals surface area contributed by atoms with Crippen molar-refractivity contribution in [3.05, 3.63) is 35.4 Å². The van der Waals surface area contributed by atoms with Gasteiger partial charge in [0.2, 0.25) is 0 Å². The fraction of sp³-hybridized carbons (Fsp3) is 0.533. The lowest BCUT2D eigenvalue weighted by Gasteiger charge is -2.23. The second-order valence-electron chi connectivity index (χ2n) is 5.17. The van der Waals surface area contributed by atoms with E-state index in [1.54, 1.807) is 0 Å². The third-order valence-electron chi connectivity index (χ3n) is 3.47. The van der Waals surface area contributed by atoms with Crippen LogP contribution in [0.2, 0.25) is 0 Å². The summed E-state index contributed by atoms with van der Waals surface area (Å²) in [5.74, 6) is 0.586. The number of nitrogens with one attached hydrogen (secondary N) is 1. The quantitative estimate of drug-likeness (QED) is 0.635. The van der Waals surface area contributed by atoms with E-state index in [9.17, 15) is 0 Å². The molecule has 0 amide bonds. The number of rotatable bonds is 3. The molecule has 3 heteroatoms. The van der Waals surface area contributed by atoms with Crippen LogP contribution in [-0.2, 0) is 6.54 Å². The van der Waals surface area contributed by atoms with Gasteiger partial charge in [-0.3, -0.25) is 0 Å². The summed E-state index contributed by atoms with van der Waals surface area (Å²) in [5.41, 5.74) is 8.41. The number of hydrogen-bond acceptors (Lipinski definition) is 1. The molecule has 0 heterocycles. The summed E-state index contributed by atoms with van der Waals surface area (Å²) in [5, 5.41) is 3.33.